The van der Waals surface area contributed by atoms with Crippen molar-refractivity contribution in [1.82, 2.24) is 18.7 Å². The molecule has 117 heavy (non-hydrogen) atoms. The van der Waals surface area contributed by atoms with Gasteiger partial charge in [0.05, 0.1) is 33.1 Å². The second-order valence-electron chi connectivity index (χ2n) is 31.7. The third-order valence-corrected chi connectivity index (χ3v) is 25.9. The summed E-state index contributed by atoms with van der Waals surface area (Å²) in [5, 5.41) is 31.5. The van der Waals surface area contributed by atoms with Crippen LogP contribution in [-0.2, 0) is 0 Å². The number of fused-ring (bicyclic) bond motifs is 24. The van der Waals surface area contributed by atoms with Crippen molar-refractivity contribution in [3.05, 3.63) is 401 Å². The van der Waals surface area contributed by atoms with Gasteiger partial charge >= 0.3 is 0 Å². The minimum atomic E-state index is 0.945. The lowest BCUT2D eigenvalue weighted by Crippen LogP contribution is -1.97. The summed E-state index contributed by atoms with van der Waals surface area (Å²) in [6.07, 6.45) is 1.88. The minimum Gasteiger partial charge on any atom is -0.309 e. The van der Waals surface area contributed by atoms with E-state index in [0.717, 1.165) is 5.82 Å². The maximum atomic E-state index is 4.77. The van der Waals surface area contributed by atoms with E-state index in [-0.39, 0.29) is 0 Å². The molecular weight excluding hydrogens is 1410 g/mol. The van der Waals surface area contributed by atoms with Gasteiger partial charge in [-0.15, -0.1) is 0 Å². The van der Waals surface area contributed by atoms with Crippen LogP contribution in [0.4, 0.5) is 0 Å². The number of hydrogen-bond acceptors (Lipinski definition) is 1. The van der Waals surface area contributed by atoms with Crippen molar-refractivity contribution >= 4 is 162 Å². The first-order chi connectivity index (χ1) is 58.2. The summed E-state index contributed by atoms with van der Waals surface area (Å²) in [6, 6.07) is 145. The zero-order chi connectivity index (χ0) is 76.2. The lowest BCUT2D eigenvalue weighted by molar-refractivity contribution is 1.08. The van der Waals surface area contributed by atoms with Gasteiger partial charge in [-0.2, -0.15) is 0 Å². The van der Waals surface area contributed by atoms with E-state index in [1.165, 1.54) is 252 Å². The quantitative estimate of drug-likeness (QED) is 0.161. The first kappa shape index (κ1) is 64.1. The molecule has 4 nitrogen and oxygen atoms in total. The van der Waals surface area contributed by atoms with E-state index in [9.17, 15) is 0 Å². The van der Waals surface area contributed by atoms with Crippen LogP contribution >= 0.6 is 0 Å². The fourth-order valence-electron chi connectivity index (χ4n) is 21.5. The smallest absolute Gasteiger partial charge is 0.137 e. The SMILES string of the molecule is c1ccc(-c2cccc(-n3c4cccc5c4c4c6c(cccc6ccc43)-c3c-5c4ccccc4c4ccccc34)c2)cc1.c1ccc(-n2c3cccc4c3c3c5c(cccc5ccc32)-c2c-4c3ccccc3c3ccccc23)cc1.c1ccc(-n2c3cccc4c3c3c5c(cccc5ccc32)-c2c-4c3ccccc3c3ccccc23)nc1. The average molecular weight is 1480 g/mol. The van der Waals surface area contributed by atoms with Crippen LogP contribution in [0.25, 0.3) is 257 Å². The summed E-state index contributed by atoms with van der Waals surface area (Å²) in [5.74, 6) is 0.945. The molecule has 0 fully saturated rings. The third-order valence-electron chi connectivity index (χ3n) is 25.9. The summed E-state index contributed by atoms with van der Waals surface area (Å²) in [6.45, 7) is 0. The highest BCUT2D eigenvalue weighted by atomic mass is 15.1. The average Bonchev–Trinajstić information content (AvgIpc) is 1.55. The van der Waals surface area contributed by atoms with E-state index in [4.69, 9.17) is 4.98 Å². The Balaban J connectivity index is 0.0000000961. The van der Waals surface area contributed by atoms with Gasteiger partial charge in [0.1, 0.15) is 5.82 Å². The summed E-state index contributed by atoms with van der Waals surface area (Å²) in [7, 11) is 0. The predicted molar refractivity (Wildman–Crippen MR) is 496 cm³/mol. The maximum absolute atomic E-state index is 4.77. The number of pyridine rings is 1. The molecule has 25 aromatic rings. The van der Waals surface area contributed by atoms with E-state index < -0.39 is 0 Å². The van der Waals surface area contributed by atoms with Gasteiger partial charge < -0.3 is 9.13 Å². The highest BCUT2D eigenvalue weighted by Gasteiger charge is 2.33. The van der Waals surface area contributed by atoms with E-state index >= 15 is 0 Å². The molecular formula is C113H66N4. The third kappa shape index (κ3) is 8.88. The van der Waals surface area contributed by atoms with Crippen molar-refractivity contribution in [3.8, 4) is 95.1 Å². The van der Waals surface area contributed by atoms with E-state index in [0.29, 0.717) is 0 Å². The number of para-hydroxylation sites is 1. The summed E-state index contributed by atoms with van der Waals surface area (Å²) < 4.78 is 7.25. The van der Waals surface area contributed by atoms with Crippen LogP contribution in [0.1, 0.15) is 0 Å². The Morgan fingerprint density at radius 3 is 0.803 bits per heavy atom. The molecule has 0 bridgehead atoms. The Morgan fingerprint density at radius 1 is 0.162 bits per heavy atom. The monoisotopic (exact) mass is 1480 g/mol. The van der Waals surface area contributed by atoms with Crippen LogP contribution in [0.15, 0.2) is 401 Å². The van der Waals surface area contributed by atoms with Crippen molar-refractivity contribution in [2.75, 3.05) is 0 Å². The van der Waals surface area contributed by atoms with Gasteiger partial charge in [0.15, 0.2) is 0 Å². The van der Waals surface area contributed by atoms with Gasteiger partial charge in [-0.05, 0) is 248 Å². The molecule has 4 aromatic heterocycles. The van der Waals surface area contributed by atoms with Gasteiger partial charge in [-0.25, -0.2) is 4.98 Å². The Morgan fingerprint density at radius 2 is 0.436 bits per heavy atom. The standard InChI is InChI=1S/C42H25N.C36H21N.C35H20N2/c1-2-11-26(12-3-1)28-14-8-15-29(25-28)43-36-22-10-21-35-40-33-19-7-5-17-31(33)30-16-4-6-18-32(30)39(40)34-20-9-13-27-23-24-37(43)42(38(27)34)41(35)36;1-2-11-23(12-3-1)37-30-19-9-18-29-34-27-16-7-5-14-25(27)24-13-4-6-15-26(24)33(34)28-17-8-10-22-20-21-31(37)36(32(22)28)35(29)30;1-3-12-24-22(10-1)23-11-2-4-13-25(23)33-27-15-8-16-28-34(27)35-29(37(28)30-17-5-6-20-36-30)19-18-21-9-7-14-26(31(21)35)32(24)33/h1-25H;1-21H;1-20H. The molecule has 4 heterocycles. The van der Waals surface area contributed by atoms with Gasteiger partial charge in [-0.1, -0.05) is 322 Å². The molecule has 0 N–H and O–H groups in total. The highest BCUT2D eigenvalue weighted by molar-refractivity contribution is 6.39. The van der Waals surface area contributed by atoms with Crippen LogP contribution in [0.5, 0.6) is 0 Å². The normalized spacial score (nSPS) is 12.3. The molecule has 0 amide bonds. The molecule has 0 unspecified atom stereocenters. The summed E-state index contributed by atoms with van der Waals surface area (Å²) in [5.41, 5.74) is 28.1. The maximum Gasteiger partial charge on any atom is 0.137 e. The van der Waals surface area contributed by atoms with Crippen molar-refractivity contribution in [1.29, 1.82) is 0 Å². The lowest BCUT2D eigenvalue weighted by Gasteiger charge is -2.19. The van der Waals surface area contributed by atoms with Crippen LogP contribution < -0.4 is 0 Å². The number of hydrogen-bond donors (Lipinski definition) is 0. The van der Waals surface area contributed by atoms with Gasteiger partial charge in [0.25, 0.3) is 0 Å². The highest BCUT2D eigenvalue weighted by Crippen LogP contribution is 2.59. The van der Waals surface area contributed by atoms with Crippen LogP contribution in [0.2, 0.25) is 0 Å². The first-order valence-corrected chi connectivity index (χ1v) is 40.6. The van der Waals surface area contributed by atoms with Gasteiger partial charge in [0, 0.05) is 49.9 Å². The van der Waals surface area contributed by atoms with Crippen molar-refractivity contribution in [2.45, 2.75) is 0 Å². The Hall–Kier alpha value is -15.5. The molecule has 0 saturated carbocycles. The van der Waals surface area contributed by atoms with Gasteiger partial charge in [-0.3, -0.25) is 4.57 Å². The van der Waals surface area contributed by atoms with Crippen molar-refractivity contribution in [3.63, 3.8) is 0 Å². The lowest BCUT2D eigenvalue weighted by atomic mass is 9.84. The molecule has 21 aromatic carbocycles. The first-order valence-electron chi connectivity index (χ1n) is 40.6. The number of aromatic nitrogens is 4. The summed E-state index contributed by atoms with van der Waals surface area (Å²) >= 11 is 0. The largest absolute Gasteiger partial charge is 0.309 e. The Bertz CT molecular complexity index is 8350. The molecule has 0 atom stereocenters. The van der Waals surface area contributed by atoms with E-state index in [1.807, 2.05) is 12.3 Å². The van der Waals surface area contributed by atoms with Crippen LogP contribution in [0.3, 0.4) is 0 Å². The summed E-state index contributed by atoms with van der Waals surface area (Å²) in [4.78, 5) is 4.77. The number of rotatable bonds is 4. The second-order valence-corrected chi connectivity index (χ2v) is 31.7. The molecule has 0 spiro atoms. The molecule has 4 heteroatoms. The van der Waals surface area contributed by atoms with Crippen molar-refractivity contribution in [2.24, 2.45) is 0 Å². The second kappa shape index (κ2) is 24.5. The van der Waals surface area contributed by atoms with Crippen LogP contribution in [-0.4, -0.2) is 18.7 Å². The molecule has 0 saturated heterocycles. The molecule has 3 aliphatic carbocycles. The van der Waals surface area contributed by atoms with Crippen LogP contribution in [0, 0.1) is 0 Å². The Kier molecular flexibility index (Phi) is 13.4. The van der Waals surface area contributed by atoms with E-state index in [1.54, 1.807) is 0 Å². The number of nitrogens with zero attached hydrogens (tertiary/aromatic N) is 4. The van der Waals surface area contributed by atoms with Gasteiger partial charge in [0.2, 0.25) is 0 Å². The van der Waals surface area contributed by atoms with Crippen molar-refractivity contribution < 1.29 is 0 Å². The molecule has 0 radical (unpaired) electrons. The number of benzene rings is 21. The predicted octanol–water partition coefficient (Wildman–Crippen LogP) is 30.7. The fraction of sp³-hybridized carbons (Fsp3) is 0. The molecule has 538 valence electrons. The Labute approximate surface area is 672 Å². The molecule has 28 rings (SSSR count). The molecule has 3 aliphatic rings. The fourth-order valence-corrected chi connectivity index (χ4v) is 21.5. The van der Waals surface area contributed by atoms with E-state index in [2.05, 4.69) is 402 Å². The zero-order valence-corrected chi connectivity index (χ0v) is 63.4. The zero-order valence-electron chi connectivity index (χ0n) is 63.4. The molecule has 0 aliphatic heterocycles. The minimum absolute atomic E-state index is 0.945. The topological polar surface area (TPSA) is 27.7 Å².